The molecule has 1 unspecified atom stereocenters. The van der Waals surface area contributed by atoms with Crippen molar-refractivity contribution >= 4 is 77.6 Å². The van der Waals surface area contributed by atoms with E-state index in [1.165, 1.54) is 0 Å². The van der Waals surface area contributed by atoms with Crippen LogP contribution >= 0.6 is 0 Å². The molecule has 34 nitrogen and oxygen atoms in total. The number of hydrogen-bond acceptors (Lipinski definition) is 34. The first-order valence-electron chi connectivity index (χ1n) is 25.6. The fraction of sp³-hybridized carbons (Fsp3) is 0.740. The van der Waals surface area contributed by atoms with Gasteiger partial charge < -0.3 is 99.8 Å². The third-order valence-electron chi connectivity index (χ3n) is 11.8. The molecule has 4 rings (SSSR count). The molecular formula is C50H68O34. The van der Waals surface area contributed by atoms with Crippen LogP contribution in [0.1, 0.15) is 90.0 Å². The number of hydrogen-bond donors (Lipinski definition) is 1. The van der Waals surface area contributed by atoms with Crippen LogP contribution in [0.15, 0.2) is 0 Å². The fourth-order valence-corrected chi connectivity index (χ4v) is 9.09. The first-order valence-corrected chi connectivity index (χ1v) is 25.6. The van der Waals surface area contributed by atoms with Crippen LogP contribution in [0, 0.1) is 0 Å². The zero-order chi connectivity index (χ0) is 63.0. The van der Waals surface area contributed by atoms with Crippen LogP contribution in [0.2, 0.25) is 0 Å². The molecule has 0 amide bonds. The Morgan fingerprint density at radius 2 is 0.488 bits per heavy atom. The molecule has 472 valence electrons. The van der Waals surface area contributed by atoms with Gasteiger partial charge in [0.05, 0.1) is 6.61 Å². The summed E-state index contributed by atoms with van der Waals surface area (Å²) in [6, 6.07) is 0. The Labute approximate surface area is 478 Å². The summed E-state index contributed by atoms with van der Waals surface area (Å²) in [4.78, 5) is 165. The van der Waals surface area contributed by atoms with Gasteiger partial charge in [0, 0.05) is 90.0 Å². The minimum atomic E-state index is -2.21. The highest BCUT2D eigenvalue weighted by molar-refractivity contribution is 5.71. The van der Waals surface area contributed by atoms with Crippen molar-refractivity contribution in [2.75, 3.05) is 26.4 Å². The quantitative estimate of drug-likeness (QED) is 0.0828. The molecule has 4 aliphatic heterocycles. The van der Waals surface area contributed by atoms with Crippen LogP contribution < -0.4 is 0 Å². The van der Waals surface area contributed by atoms with E-state index in [2.05, 4.69) is 0 Å². The summed E-state index contributed by atoms with van der Waals surface area (Å²) in [5, 5.41) is 11.0. The fourth-order valence-electron chi connectivity index (χ4n) is 9.09. The Bertz CT molecular complexity index is 2410. The highest BCUT2D eigenvalue weighted by atomic mass is 16.8. The van der Waals surface area contributed by atoms with E-state index in [0.717, 1.165) is 90.0 Å². The molecule has 0 spiro atoms. The van der Waals surface area contributed by atoms with Crippen molar-refractivity contribution in [2.45, 2.75) is 213 Å². The number of rotatable bonds is 23. The van der Waals surface area contributed by atoms with Crippen molar-refractivity contribution in [1.29, 1.82) is 0 Å². The van der Waals surface area contributed by atoms with E-state index < -0.39 is 227 Å². The topological polar surface area (TPSA) is 427 Å². The third-order valence-corrected chi connectivity index (χ3v) is 11.8. The molecule has 0 aliphatic carbocycles. The summed E-state index contributed by atoms with van der Waals surface area (Å²) in [6.45, 7) is 8.94. The predicted molar refractivity (Wildman–Crippen MR) is 258 cm³/mol. The predicted octanol–water partition coefficient (Wildman–Crippen LogP) is -2.33. The summed E-state index contributed by atoms with van der Waals surface area (Å²) in [7, 11) is 0. The molecule has 0 aromatic carbocycles. The number of aliphatic hydroxyl groups is 1. The largest absolute Gasteiger partial charge is 0.463 e. The standard InChI is InChI=1S/C50H68O34/c1-18(51)65-14-31-37(39(71-23(6)56)43(47(64)79-31)75-27(10)60)83-50-46(78-30(13)63)42(74-26(9)59)38(33(81-50)16-67-20(3)53)84-49-45(77-29(12)62)41(73-25(8)58)36(70-22(5)55)34(82-49)17-68-48-44(76-28(11)61)40(72-24(7)57)35(69-21(4)54)32(80-48)15-66-19(2)52/h31-50,64H,14-17H2,1-13H3/t31-,32-,33-,34-,35-,36-,37-,38-,39+,40+,41+,42+,43-,44-,45-,46-,47?,48+,49-,50-/m1/s1. The van der Waals surface area contributed by atoms with Crippen molar-refractivity contribution < 1.29 is 162 Å². The molecule has 4 heterocycles. The maximum absolute atomic E-state index is 13.2. The maximum Gasteiger partial charge on any atom is 0.303 e. The Kier molecular flexibility index (Phi) is 26.1. The van der Waals surface area contributed by atoms with Gasteiger partial charge in [-0.05, 0) is 0 Å². The van der Waals surface area contributed by atoms with E-state index in [9.17, 15) is 67.4 Å². The van der Waals surface area contributed by atoms with Crippen molar-refractivity contribution in [1.82, 2.24) is 0 Å². The van der Waals surface area contributed by atoms with Gasteiger partial charge in [-0.25, -0.2) is 0 Å². The zero-order valence-electron chi connectivity index (χ0n) is 47.8. The lowest BCUT2D eigenvalue weighted by atomic mass is 9.95. The van der Waals surface area contributed by atoms with Crippen molar-refractivity contribution in [2.24, 2.45) is 0 Å². The molecule has 4 fully saturated rings. The van der Waals surface area contributed by atoms with Gasteiger partial charge in [-0.2, -0.15) is 0 Å². The van der Waals surface area contributed by atoms with Crippen LogP contribution in [0.3, 0.4) is 0 Å². The molecule has 0 bridgehead atoms. The molecule has 84 heavy (non-hydrogen) atoms. The second-order valence-corrected chi connectivity index (χ2v) is 18.9. The van der Waals surface area contributed by atoms with Crippen molar-refractivity contribution in [3.8, 4) is 0 Å². The first-order chi connectivity index (χ1) is 39.3. The van der Waals surface area contributed by atoms with E-state index in [1.807, 2.05) is 0 Å². The summed E-state index contributed by atoms with van der Waals surface area (Å²) >= 11 is 0. The second-order valence-electron chi connectivity index (χ2n) is 18.9. The lowest BCUT2D eigenvalue weighted by molar-refractivity contribution is -0.380. The van der Waals surface area contributed by atoms with Crippen molar-refractivity contribution in [3.63, 3.8) is 0 Å². The van der Waals surface area contributed by atoms with Gasteiger partial charge in [0.25, 0.3) is 0 Å². The molecule has 1 N–H and O–H groups in total. The molecule has 0 aromatic heterocycles. The monoisotopic (exact) mass is 1210 g/mol. The highest BCUT2D eigenvalue weighted by Crippen LogP contribution is 2.39. The number of carbonyl (C=O) groups excluding carboxylic acids is 13. The van der Waals surface area contributed by atoms with Gasteiger partial charge in [-0.3, -0.25) is 62.3 Å². The summed E-state index contributed by atoms with van der Waals surface area (Å²) < 4.78 is 114. The average molecular weight is 1210 g/mol. The summed E-state index contributed by atoms with van der Waals surface area (Å²) in [5.74, 6) is -13.4. The molecule has 4 saturated heterocycles. The molecule has 0 aromatic rings. The summed E-state index contributed by atoms with van der Waals surface area (Å²) in [5.41, 5.74) is 0. The Hall–Kier alpha value is -7.21. The van der Waals surface area contributed by atoms with E-state index in [-0.39, 0.29) is 0 Å². The molecular weight excluding hydrogens is 1140 g/mol. The molecule has 34 heteroatoms. The smallest absolute Gasteiger partial charge is 0.303 e. The molecule has 0 radical (unpaired) electrons. The Morgan fingerprint density at radius 3 is 0.810 bits per heavy atom. The Balaban J connectivity index is 1.95. The minimum Gasteiger partial charge on any atom is -0.463 e. The Morgan fingerprint density at radius 1 is 0.262 bits per heavy atom. The first kappa shape index (κ1) is 69.3. The lowest BCUT2D eigenvalue weighted by Crippen LogP contribution is -2.69. The van der Waals surface area contributed by atoms with Gasteiger partial charge in [-0.1, -0.05) is 0 Å². The van der Waals surface area contributed by atoms with Gasteiger partial charge in [0.1, 0.15) is 56.4 Å². The third kappa shape index (κ3) is 20.5. The zero-order valence-corrected chi connectivity index (χ0v) is 47.8. The van der Waals surface area contributed by atoms with Crippen LogP contribution in [0.25, 0.3) is 0 Å². The van der Waals surface area contributed by atoms with E-state index in [4.69, 9.17) is 94.7 Å². The summed E-state index contributed by atoms with van der Waals surface area (Å²) in [6.07, 6.45) is -38.3. The number of esters is 13. The molecule has 20 atom stereocenters. The van der Waals surface area contributed by atoms with Gasteiger partial charge in [0.15, 0.2) is 86.2 Å². The van der Waals surface area contributed by atoms with Gasteiger partial charge in [0.2, 0.25) is 0 Å². The van der Waals surface area contributed by atoms with Gasteiger partial charge >= 0.3 is 77.6 Å². The normalized spacial score (nSPS) is 32.7. The SMILES string of the molecule is CC(=O)OC[C@H]1O[C@H](OC[C@H]2O[C@H](O[C@H]3[C@H](OC(C)=O)[C@@H](OC(C)=O)[C@@H](O[C@H]4[C@H](OC(C)=O)[C@@H](OC(C)=O)C(O)O[C@@H]4COC(C)=O)O[C@@H]3COC(C)=O)[C@H](OC(C)=O)[C@@H](OC(C)=O)[C@@H]2OC(C)=O)[C@H](OC(C)=O)[C@@H](OC(C)=O)[C@@H]1OC(C)=O. The number of aliphatic hydroxyl groups excluding tert-OH is 1. The second kappa shape index (κ2) is 31.6. The van der Waals surface area contributed by atoms with E-state index in [0.29, 0.717) is 0 Å². The number of carbonyl (C=O) groups is 13. The van der Waals surface area contributed by atoms with Crippen LogP contribution in [-0.4, -0.2) is 232 Å². The van der Waals surface area contributed by atoms with E-state index in [1.54, 1.807) is 0 Å². The minimum absolute atomic E-state index is 0.697. The maximum atomic E-state index is 13.2. The lowest BCUT2D eigenvalue weighted by Gasteiger charge is -2.50. The molecule has 0 saturated carbocycles. The van der Waals surface area contributed by atoms with E-state index >= 15 is 0 Å². The highest BCUT2D eigenvalue weighted by Gasteiger charge is 2.61. The van der Waals surface area contributed by atoms with Crippen LogP contribution in [0.4, 0.5) is 0 Å². The van der Waals surface area contributed by atoms with Crippen LogP contribution in [-0.2, 0) is 157 Å². The molecule has 4 aliphatic rings. The number of ether oxygens (including phenoxy) is 20. The van der Waals surface area contributed by atoms with Gasteiger partial charge in [-0.15, -0.1) is 0 Å². The van der Waals surface area contributed by atoms with Crippen molar-refractivity contribution in [3.05, 3.63) is 0 Å². The average Bonchev–Trinajstić information content (AvgIpc) is 1.05. The van der Waals surface area contributed by atoms with Crippen LogP contribution in [0.5, 0.6) is 0 Å².